The maximum absolute atomic E-state index is 8.87. The van der Waals surface area contributed by atoms with Crippen molar-refractivity contribution in [1.29, 1.82) is 0 Å². The summed E-state index contributed by atoms with van der Waals surface area (Å²) < 4.78 is 5.76. The van der Waals surface area contributed by atoms with Crippen molar-refractivity contribution >= 4 is 0 Å². The van der Waals surface area contributed by atoms with Crippen molar-refractivity contribution in [2.45, 2.75) is 52.6 Å². The van der Waals surface area contributed by atoms with Crippen molar-refractivity contribution in [2.24, 2.45) is 23.7 Å². The number of ether oxygens (including phenoxy) is 1. The third-order valence-corrected chi connectivity index (χ3v) is 4.62. The predicted octanol–water partition coefficient (Wildman–Crippen LogP) is 3.40. The van der Waals surface area contributed by atoms with Crippen LogP contribution in [0.4, 0.5) is 0 Å². The molecule has 0 amide bonds. The van der Waals surface area contributed by atoms with Gasteiger partial charge in [-0.25, -0.2) is 0 Å². The molecule has 2 bridgehead atoms. The number of aliphatic hydroxyl groups excluding tert-OH is 1. The molecule has 0 saturated heterocycles. The van der Waals surface area contributed by atoms with Crippen molar-refractivity contribution < 1.29 is 9.84 Å². The molecule has 2 aliphatic carbocycles. The molecule has 1 fully saturated rings. The molecule has 2 rings (SSSR count). The fourth-order valence-electron chi connectivity index (χ4n) is 3.86. The Morgan fingerprint density at radius 1 is 1.39 bits per heavy atom. The van der Waals surface area contributed by atoms with Crippen LogP contribution in [0, 0.1) is 23.7 Å². The second kappa shape index (κ2) is 6.21. The first kappa shape index (κ1) is 14.1. The van der Waals surface area contributed by atoms with Crippen LogP contribution in [-0.2, 0) is 4.74 Å². The Hall–Kier alpha value is -0.340. The van der Waals surface area contributed by atoms with E-state index in [0.29, 0.717) is 12.5 Å². The second-order valence-corrected chi connectivity index (χ2v) is 6.52. The maximum atomic E-state index is 8.87. The topological polar surface area (TPSA) is 29.5 Å². The van der Waals surface area contributed by atoms with Gasteiger partial charge >= 0.3 is 0 Å². The van der Waals surface area contributed by atoms with Crippen molar-refractivity contribution in [3.8, 4) is 0 Å². The predicted molar refractivity (Wildman–Crippen MR) is 74.4 cm³/mol. The van der Waals surface area contributed by atoms with Crippen molar-refractivity contribution in [3.63, 3.8) is 0 Å². The number of hydrogen-bond acceptors (Lipinski definition) is 2. The molecule has 104 valence electrons. The van der Waals surface area contributed by atoms with Gasteiger partial charge in [-0.3, -0.25) is 0 Å². The summed E-state index contributed by atoms with van der Waals surface area (Å²) in [6.07, 6.45) is 7.80. The van der Waals surface area contributed by atoms with E-state index < -0.39 is 0 Å². The zero-order valence-electron chi connectivity index (χ0n) is 12.1. The van der Waals surface area contributed by atoms with Crippen LogP contribution in [0.3, 0.4) is 0 Å². The molecular weight excluding hydrogens is 224 g/mol. The Bertz CT molecular complexity index is 295. The molecular formula is C16H28O2. The summed E-state index contributed by atoms with van der Waals surface area (Å²) in [6.45, 7) is 7.66. The molecule has 18 heavy (non-hydrogen) atoms. The highest BCUT2D eigenvalue weighted by molar-refractivity contribution is 5.18. The van der Waals surface area contributed by atoms with Crippen LogP contribution >= 0.6 is 0 Å². The summed E-state index contributed by atoms with van der Waals surface area (Å²) in [5, 5.41) is 8.87. The normalized spacial score (nSPS) is 35.7. The molecule has 2 aliphatic rings. The van der Waals surface area contributed by atoms with Crippen molar-refractivity contribution in [3.05, 3.63) is 11.6 Å². The minimum absolute atomic E-state index is 0.138. The van der Waals surface area contributed by atoms with Gasteiger partial charge in [-0.2, -0.15) is 0 Å². The van der Waals surface area contributed by atoms with Gasteiger partial charge in [-0.1, -0.05) is 26.8 Å². The smallest absolute Gasteiger partial charge is 0.0786 e. The summed E-state index contributed by atoms with van der Waals surface area (Å²) in [6, 6.07) is 0. The van der Waals surface area contributed by atoms with Gasteiger partial charge in [0.05, 0.1) is 19.3 Å². The molecule has 0 radical (unpaired) electrons. The van der Waals surface area contributed by atoms with Crippen LogP contribution in [0.5, 0.6) is 0 Å². The van der Waals surface area contributed by atoms with Crippen LogP contribution in [-0.4, -0.2) is 24.4 Å². The van der Waals surface area contributed by atoms with Gasteiger partial charge in [-0.15, -0.1) is 0 Å². The Labute approximate surface area is 111 Å². The van der Waals surface area contributed by atoms with Crippen molar-refractivity contribution in [1.82, 2.24) is 0 Å². The Balaban J connectivity index is 2.02. The molecule has 1 N–H and O–H groups in total. The van der Waals surface area contributed by atoms with Crippen LogP contribution in [0.1, 0.15) is 46.5 Å². The first-order chi connectivity index (χ1) is 8.61. The summed E-state index contributed by atoms with van der Waals surface area (Å²) in [5.74, 6) is 3.24. The Morgan fingerprint density at radius 2 is 2.17 bits per heavy atom. The van der Waals surface area contributed by atoms with E-state index >= 15 is 0 Å². The van der Waals surface area contributed by atoms with E-state index in [2.05, 4.69) is 26.8 Å². The average Bonchev–Trinajstić information content (AvgIpc) is 2.33. The molecule has 0 aliphatic heterocycles. The fraction of sp³-hybridized carbons (Fsp3) is 0.875. The van der Waals surface area contributed by atoms with Gasteiger partial charge in [0.25, 0.3) is 0 Å². The van der Waals surface area contributed by atoms with E-state index in [1.165, 1.54) is 24.8 Å². The highest BCUT2D eigenvalue weighted by Crippen LogP contribution is 2.45. The molecule has 2 nitrogen and oxygen atoms in total. The first-order valence-electron chi connectivity index (χ1n) is 7.54. The molecule has 4 atom stereocenters. The number of aliphatic hydroxyl groups is 1. The maximum Gasteiger partial charge on any atom is 0.0786 e. The number of rotatable bonds is 5. The molecule has 2 heteroatoms. The van der Waals surface area contributed by atoms with Gasteiger partial charge in [-0.05, 0) is 54.9 Å². The first-order valence-corrected chi connectivity index (χ1v) is 7.54. The second-order valence-electron chi connectivity index (χ2n) is 6.52. The zero-order chi connectivity index (χ0) is 13.1. The van der Waals surface area contributed by atoms with Crippen LogP contribution in [0.25, 0.3) is 0 Å². The molecule has 0 heterocycles. The molecule has 0 aromatic heterocycles. The summed E-state index contributed by atoms with van der Waals surface area (Å²) >= 11 is 0. The highest BCUT2D eigenvalue weighted by Gasteiger charge is 2.37. The Kier molecular flexibility index (Phi) is 4.85. The number of fused-ring (bicyclic) bond motifs is 2. The van der Waals surface area contributed by atoms with Gasteiger partial charge in [0.1, 0.15) is 0 Å². The third-order valence-electron chi connectivity index (χ3n) is 4.62. The van der Waals surface area contributed by atoms with Crippen LogP contribution in [0.2, 0.25) is 0 Å². The lowest BCUT2D eigenvalue weighted by Gasteiger charge is -2.43. The third kappa shape index (κ3) is 3.16. The lowest BCUT2D eigenvalue weighted by molar-refractivity contribution is 0.0162. The van der Waals surface area contributed by atoms with E-state index in [1.54, 1.807) is 0 Å². The van der Waals surface area contributed by atoms with Gasteiger partial charge in [0, 0.05) is 0 Å². The van der Waals surface area contributed by atoms with E-state index in [9.17, 15) is 0 Å². The quantitative estimate of drug-likeness (QED) is 0.760. The lowest BCUT2D eigenvalue weighted by Crippen LogP contribution is -2.36. The summed E-state index contributed by atoms with van der Waals surface area (Å²) in [5.41, 5.74) is 1.51. The van der Waals surface area contributed by atoms with E-state index in [1.807, 2.05) is 0 Å². The van der Waals surface area contributed by atoms with Gasteiger partial charge in [0.2, 0.25) is 0 Å². The van der Waals surface area contributed by atoms with E-state index in [4.69, 9.17) is 9.84 Å². The minimum atomic E-state index is 0.138. The molecule has 1 saturated carbocycles. The van der Waals surface area contributed by atoms with Gasteiger partial charge in [0.15, 0.2) is 0 Å². The molecule has 0 spiro atoms. The van der Waals surface area contributed by atoms with Crippen molar-refractivity contribution in [2.75, 3.05) is 13.2 Å². The van der Waals surface area contributed by atoms with E-state index in [0.717, 1.165) is 24.2 Å². The summed E-state index contributed by atoms with van der Waals surface area (Å²) in [7, 11) is 0. The molecule has 0 aromatic carbocycles. The van der Waals surface area contributed by atoms with E-state index in [-0.39, 0.29) is 12.7 Å². The highest BCUT2D eigenvalue weighted by atomic mass is 16.5. The minimum Gasteiger partial charge on any atom is -0.394 e. The lowest BCUT2D eigenvalue weighted by atomic mass is 9.65. The fourth-order valence-corrected chi connectivity index (χ4v) is 3.86. The standard InChI is InChI=1S/C16H28O2/c1-11(2)8-15-12(3)9-14-10-13(15)4-5-16(14)18-7-6-17/h9,11-13,15-17H,4-8,10H2,1-3H3. The number of hydrogen-bond donors (Lipinski definition) is 1. The number of allylic oxidation sites excluding steroid dienone is 1. The molecule has 4 unspecified atom stereocenters. The Morgan fingerprint density at radius 3 is 2.83 bits per heavy atom. The SMILES string of the molecule is CC(C)CC1C(C)C=C2CC1CCC2OCCO. The summed E-state index contributed by atoms with van der Waals surface area (Å²) in [4.78, 5) is 0. The molecule has 0 aromatic rings. The monoisotopic (exact) mass is 252 g/mol. The van der Waals surface area contributed by atoms with Crippen LogP contribution in [0.15, 0.2) is 11.6 Å². The van der Waals surface area contributed by atoms with Gasteiger partial charge < -0.3 is 9.84 Å². The van der Waals surface area contributed by atoms with Crippen LogP contribution < -0.4 is 0 Å². The average molecular weight is 252 g/mol. The zero-order valence-corrected chi connectivity index (χ0v) is 12.1. The largest absolute Gasteiger partial charge is 0.394 e.